The van der Waals surface area contributed by atoms with Gasteiger partial charge in [0.05, 0.1) is 18.1 Å². The molecule has 1 aromatic rings. The second-order valence-corrected chi connectivity index (χ2v) is 5.22. The van der Waals surface area contributed by atoms with Crippen LogP contribution in [0.2, 0.25) is 0 Å². The predicted octanol–water partition coefficient (Wildman–Crippen LogP) is 0.853. The van der Waals surface area contributed by atoms with E-state index in [0.29, 0.717) is 0 Å². The van der Waals surface area contributed by atoms with Gasteiger partial charge in [0, 0.05) is 12.1 Å². The van der Waals surface area contributed by atoms with Crippen molar-refractivity contribution in [2.75, 3.05) is 13.2 Å². The molecule has 0 spiro atoms. The molecule has 1 unspecified atom stereocenters. The van der Waals surface area contributed by atoms with Gasteiger partial charge in [-0.05, 0) is 12.1 Å². The van der Waals surface area contributed by atoms with Crippen molar-refractivity contribution in [1.29, 1.82) is 0 Å². The van der Waals surface area contributed by atoms with Crippen LogP contribution in [0.4, 0.5) is 10.5 Å². The lowest BCUT2D eigenvalue weighted by Gasteiger charge is -2.16. The van der Waals surface area contributed by atoms with Crippen LogP contribution in [0.1, 0.15) is 0 Å². The Labute approximate surface area is 139 Å². The third-order valence-electron chi connectivity index (χ3n) is 3.68. The molecule has 0 N–H and O–H groups in total. The number of ether oxygens (including phenoxy) is 4. The Morgan fingerprint density at radius 3 is 2.24 bits per heavy atom. The van der Waals surface area contributed by atoms with Gasteiger partial charge in [0.25, 0.3) is 10.8 Å². The largest absolute Gasteiger partial charge is 0.514 e. The van der Waals surface area contributed by atoms with Gasteiger partial charge in [-0.3, -0.25) is 10.1 Å². The van der Waals surface area contributed by atoms with Crippen molar-refractivity contribution in [1.82, 2.24) is 0 Å². The first-order valence-corrected chi connectivity index (χ1v) is 7.11. The molecule has 2 fully saturated rings. The number of non-ortho nitro benzene ring substituents is 1. The number of hydrogen-bond acceptors (Lipinski definition) is 10. The molecule has 4 atom stereocenters. The van der Waals surface area contributed by atoms with Crippen LogP contribution in [-0.4, -0.2) is 53.8 Å². The van der Waals surface area contributed by atoms with Crippen molar-refractivity contribution < 1.29 is 38.6 Å². The molecule has 2 aliphatic rings. The third kappa shape index (κ3) is 3.75. The molecular weight excluding hydrogens is 344 g/mol. The molecule has 1 aromatic carbocycles. The third-order valence-corrected chi connectivity index (χ3v) is 3.68. The van der Waals surface area contributed by atoms with Crippen molar-refractivity contribution in [2.24, 2.45) is 0 Å². The fourth-order valence-electron chi connectivity index (χ4n) is 2.61. The zero-order valence-corrected chi connectivity index (χ0v) is 12.5. The second kappa shape index (κ2) is 6.86. The van der Waals surface area contributed by atoms with Crippen LogP contribution in [0, 0.1) is 20.2 Å². The van der Waals surface area contributed by atoms with Crippen molar-refractivity contribution in [3.8, 4) is 5.75 Å². The van der Waals surface area contributed by atoms with Gasteiger partial charge in [-0.25, -0.2) is 4.79 Å². The number of rotatable bonds is 5. The summed E-state index contributed by atoms with van der Waals surface area (Å²) in [5, 5.41) is 20.0. The minimum atomic E-state index is -1.05. The van der Waals surface area contributed by atoms with E-state index in [1.165, 1.54) is 24.3 Å². The molecule has 2 aliphatic heterocycles. The fraction of sp³-hybridized carbons (Fsp3) is 0.462. The summed E-state index contributed by atoms with van der Waals surface area (Å²) in [5.41, 5.74) is -0.149. The lowest BCUT2D eigenvalue weighted by molar-refractivity contribution is -0.769. The monoisotopic (exact) mass is 356 g/mol. The lowest BCUT2D eigenvalue weighted by atomic mass is 10.1. The Morgan fingerprint density at radius 2 is 1.64 bits per heavy atom. The number of nitrogens with zero attached hydrogens (tertiary/aromatic N) is 2. The molecule has 3 rings (SSSR count). The van der Waals surface area contributed by atoms with Crippen molar-refractivity contribution in [3.63, 3.8) is 0 Å². The van der Waals surface area contributed by atoms with Crippen LogP contribution in [0.15, 0.2) is 24.3 Å². The Bertz CT molecular complexity index is 678. The van der Waals surface area contributed by atoms with Crippen molar-refractivity contribution in [2.45, 2.75) is 24.4 Å². The first-order valence-electron chi connectivity index (χ1n) is 7.11. The van der Waals surface area contributed by atoms with Gasteiger partial charge >= 0.3 is 6.16 Å². The van der Waals surface area contributed by atoms with Gasteiger partial charge in [-0.15, -0.1) is 10.1 Å². The first kappa shape index (κ1) is 16.9. The van der Waals surface area contributed by atoms with E-state index in [9.17, 15) is 25.0 Å². The average molecular weight is 356 g/mol. The molecule has 12 heteroatoms. The van der Waals surface area contributed by atoms with Crippen LogP contribution in [0.3, 0.4) is 0 Å². The molecule has 2 heterocycles. The van der Waals surface area contributed by atoms with E-state index in [1.807, 2.05) is 0 Å². The fourth-order valence-corrected chi connectivity index (χ4v) is 2.61. The summed E-state index contributed by atoms with van der Waals surface area (Å²) in [5.74, 6) is 0.0629. The highest BCUT2D eigenvalue weighted by atomic mass is 17.0. The number of hydrogen-bond donors (Lipinski definition) is 0. The van der Waals surface area contributed by atoms with Gasteiger partial charge in [-0.2, -0.15) is 0 Å². The molecule has 0 bridgehead atoms. The molecule has 25 heavy (non-hydrogen) atoms. The summed E-state index contributed by atoms with van der Waals surface area (Å²) in [4.78, 5) is 36.6. The molecule has 0 amide bonds. The van der Waals surface area contributed by atoms with Gasteiger partial charge in [0.1, 0.15) is 18.0 Å². The quantitative estimate of drug-likeness (QED) is 0.321. The summed E-state index contributed by atoms with van der Waals surface area (Å²) < 4.78 is 20.7. The molecular formula is C13H12N2O10. The normalized spacial score (nSPS) is 27.4. The highest BCUT2D eigenvalue weighted by Crippen LogP contribution is 2.31. The standard InChI is InChI=1S/C13H12N2O10/c16-13(23-8-3-1-7(2-4-8)14(17)18)24-9-5-21-12-10(25-15(19)20)6-22-11(9)12/h1-4,9-12H,5-6H2/t9?,10-,11+,12+/m0/s1. The molecule has 0 aromatic heterocycles. The number of benzene rings is 1. The molecule has 2 saturated heterocycles. The molecule has 0 radical (unpaired) electrons. The van der Waals surface area contributed by atoms with E-state index >= 15 is 0 Å². The lowest BCUT2D eigenvalue weighted by Crippen LogP contribution is -2.36. The van der Waals surface area contributed by atoms with E-state index < -0.39 is 40.6 Å². The average Bonchev–Trinajstić information content (AvgIpc) is 3.11. The summed E-state index contributed by atoms with van der Waals surface area (Å²) in [6, 6.07) is 4.86. The summed E-state index contributed by atoms with van der Waals surface area (Å²) >= 11 is 0. The van der Waals surface area contributed by atoms with Crippen LogP contribution >= 0.6 is 0 Å². The van der Waals surface area contributed by atoms with Crippen LogP contribution in [-0.2, 0) is 19.0 Å². The summed E-state index contributed by atoms with van der Waals surface area (Å²) in [6.45, 7) is -0.0875. The van der Waals surface area contributed by atoms with Gasteiger partial charge < -0.3 is 23.8 Å². The number of nitro benzene ring substituents is 1. The number of carbonyl (C=O) groups excluding carboxylic acids is 1. The van der Waals surface area contributed by atoms with Gasteiger partial charge in [0.15, 0.2) is 12.2 Å². The van der Waals surface area contributed by atoms with E-state index in [1.54, 1.807) is 0 Å². The van der Waals surface area contributed by atoms with Gasteiger partial charge in [-0.1, -0.05) is 0 Å². The Hall–Kier alpha value is -2.99. The maximum atomic E-state index is 11.8. The maximum Gasteiger partial charge on any atom is 0.514 e. The molecule has 12 nitrogen and oxygen atoms in total. The zero-order chi connectivity index (χ0) is 18.0. The molecule has 134 valence electrons. The minimum Gasteiger partial charge on any atom is -0.425 e. The smallest absolute Gasteiger partial charge is 0.425 e. The Balaban J connectivity index is 1.53. The SMILES string of the molecule is O=C(Oc1ccc([N+](=O)[O-])cc1)OC1CO[C@@H]2[C@@H](O[N+](=O)[O-])CO[C@H]12. The highest BCUT2D eigenvalue weighted by Gasteiger charge is 2.51. The van der Waals surface area contributed by atoms with Crippen molar-refractivity contribution in [3.05, 3.63) is 44.5 Å². The van der Waals surface area contributed by atoms with Crippen molar-refractivity contribution >= 4 is 11.8 Å². The van der Waals surface area contributed by atoms with Crippen LogP contribution < -0.4 is 4.74 Å². The maximum absolute atomic E-state index is 11.8. The second-order valence-electron chi connectivity index (χ2n) is 5.22. The highest BCUT2D eigenvalue weighted by molar-refractivity contribution is 5.64. The van der Waals surface area contributed by atoms with E-state index in [4.69, 9.17) is 18.9 Å². The van der Waals surface area contributed by atoms with E-state index in [2.05, 4.69) is 4.84 Å². The topological polar surface area (TPSA) is 150 Å². The predicted molar refractivity (Wildman–Crippen MR) is 75.3 cm³/mol. The molecule has 0 aliphatic carbocycles. The Morgan fingerprint density at radius 1 is 1.04 bits per heavy atom. The van der Waals surface area contributed by atoms with Crippen LogP contribution in [0.5, 0.6) is 5.75 Å². The van der Waals surface area contributed by atoms with E-state index in [0.717, 1.165) is 0 Å². The number of carbonyl (C=O) groups is 1. The first-order chi connectivity index (χ1) is 11.9. The minimum absolute atomic E-state index is 0.0255. The summed E-state index contributed by atoms with van der Waals surface area (Å²) in [6.07, 6.45) is -4.17. The summed E-state index contributed by atoms with van der Waals surface area (Å²) in [7, 11) is 0. The number of nitro groups is 1. The van der Waals surface area contributed by atoms with Gasteiger partial charge in [0.2, 0.25) is 0 Å². The molecule has 0 saturated carbocycles. The van der Waals surface area contributed by atoms with E-state index in [-0.39, 0.29) is 24.7 Å². The number of fused-ring (bicyclic) bond motifs is 1. The Kier molecular flexibility index (Phi) is 4.63. The zero-order valence-electron chi connectivity index (χ0n) is 12.5. The van der Waals surface area contributed by atoms with Crippen LogP contribution in [0.25, 0.3) is 0 Å².